The number of ether oxygens (including phenoxy) is 2. The molecule has 0 aliphatic rings. The van der Waals surface area contributed by atoms with E-state index in [1.54, 1.807) is 0 Å². The van der Waals surface area contributed by atoms with Crippen LogP contribution in [-0.2, 0) is 20.9 Å². The maximum absolute atomic E-state index is 13.0. The van der Waals surface area contributed by atoms with Gasteiger partial charge in [-0.25, -0.2) is 14.2 Å². The first-order valence-electron chi connectivity index (χ1n) is 7.48. The third-order valence-corrected chi connectivity index (χ3v) is 4.30. The van der Waals surface area contributed by atoms with Crippen LogP contribution in [0.3, 0.4) is 0 Å². The minimum atomic E-state index is -0.661. The molecule has 5 nitrogen and oxygen atoms in total. The van der Waals surface area contributed by atoms with E-state index in [0.29, 0.717) is 0 Å². The van der Waals surface area contributed by atoms with Crippen molar-refractivity contribution in [3.05, 3.63) is 64.9 Å². The number of esters is 1. The Morgan fingerprint density at radius 3 is 2.72 bits per heavy atom. The van der Waals surface area contributed by atoms with E-state index in [1.165, 1.54) is 29.5 Å². The Kier molecular flexibility index (Phi) is 5.47. The van der Waals surface area contributed by atoms with Crippen LogP contribution < -0.4 is 0 Å². The highest BCUT2D eigenvalue weighted by molar-refractivity contribution is 7.18. The van der Waals surface area contributed by atoms with Gasteiger partial charge in [-0.15, -0.1) is 11.3 Å². The van der Waals surface area contributed by atoms with E-state index in [9.17, 15) is 14.0 Å². The van der Waals surface area contributed by atoms with Gasteiger partial charge in [0.05, 0.1) is 16.8 Å². The SMILES string of the molecule is O=C(COCc1nc2ccccc2s1)OCC(=O)c1cccc(F)c1. The highest BCUT2D eigenvalue weighted by Gasteiger charge is 2.11. The first-order valence-corrected chi connectivity index (χ1v) is 8.30. The van der Waals surface area contributed by atoms with Gasteiger partial charge in [-0.1, -0.05) is 24.3 Å². The molecule has 7 heteroatoms. The maximum Gasteiger partial charge on any atom is 0.332 e. The van der Waals surface area contributed by atoms with E-state index in [2.05, 4.69) is 4.98 Å². The number of carbonyl (C=O) groups excluding carboxylic acids is 2. The lowest BCUT2D eigenvalue weighted by atomic mass is 10.1. The number of nitrogens with zero attached hydrogens (tertiary/aromatic N) is 1. The van der Waals surface area contributed by atoms with Crippen molar-refractivity contribution in [1.29, 1.82) is 0 Å². The van der Waals surface area contributed by atoms with E-state index < -0.39 is 24.2 Å². The largest absolute Gasteiger partial charge is 0.456 e. The van der Waals surface area contributed by atoms with Gasteiger partial charge >= 0.3 is 5.97 Å². The molecule has 0 saturated carbocycles. The summed E-state index contributed by atoms with van der Waals surface area (Å²) in [4.78, 5) is 27.8. The molecular weight excluding hydrogens is 345 g/mol. The van der Waals surface area contributed by atoms with Gasteiger partial charge < -0.3 is 9.47 Å². The summed E-state index contributed by atoms with van der Waals surface area (Å²) in [5, 5.41) is 0.754. The first kappa shape index (κ1) is 17.2. The highest BCUT2D eigenvalue weighted by atomic mass is 32.1. The van der Waals surface area contributed by atoms with Crippen molar-refractivity contribution in [2.24, 2.45) is 0 Å². The first-order chi connectivity index (χ1) is 12.1. The minimum Gasteiger partial charge on any atom is -0.456 e. The number of ketones is 1. The number of carbonyl (C=O) groups is 2. The van der Waals surface area contributed by atoms with Gasteiger partial charge in [-0.05, 0) is 24.3 Å². The molecule has 2 aromatic carbocycles. The van der Waals surface area contributed by atoms with Crippen LogP contribution in [0.15, 0.2) is 48.5 Å². The fourth-order valence-corrected chi connectivity index (χ4v) is 3.04. The number of halogens is 1. The molecule has 0 amide bonds. The molecule has 0 aliphatic heterocycles. The molecule has 0 aliphatic carbocycles. The Morgan fingerprint density at radius 1 is 1.08 bits per heavy atom. The molecule has 0 saturated heterocycles. The Balaban J connectivity index is 1.42. The number of Topliss-reactive ketones (excluding diaryl/α,β-unsaturated/α-hetero) is 1. The van der Waals surface area contributed by atoms with Crippen LogP contribution >= 0.6 is 11.3 Å². The molecule has 0 radical (unpaired) electrons. The number of fused-ring (bicyclic) bond motifs is 1. The molecule has 0 N–H and O–H groups in total. The number of aromatic nitrogens is 1. The van der Waals surface area contributed by atoms with Crippen LogP contribution in [0.4, 0.5) is 4.39 Å². The van der Waals surface area contributed by atoms with Crippen molar-refractivity contribution in [3.63, 3.8) is 0 Å². The molecule has 0 spiro atoms. The van der Waals surface area contributed by atoms with Crippen LogP contribution in [0.5, 0.6) is 0 Å². The van der Waals surface area contributed by atoms with E-state index in [-0.39, 0.29) is 18.8 Å². The summed E-state index contributed by atoms with van der Waals surface area (Å²) in [7, 11) is 0. The molecule has 128 valence electrons. The van der Waals surface area contributed by atoms with Crippen molar-refractivity contribution in [2.45, 2.75) is 6.61 Å². The van der Waals surface area contributed by atoms with Gasteiger partial charge in [0.1, 0.15) is 17.4 Å². The average Bonchev–Trinajstić information content (AvgIpc) is 3.02. The van der Waals surface area contributed by atoms with Crippen molar-refractivity contribution < 1.29 is 23.5 Å². The standard InChI is InChI=1S/C18H14FNO4S/c19-13-5-3-4-12(8-13)15(21)9-24-18(22)11-23-10-17-20-14-6-1-2-7-16(14)25-17/h1-8H,9-11H2. The predicted molar refractivity (Wildman–Crippen MR) is 91.0 cm³/mol. The lowest BCUT2D eigenvalue weighted by Crippen LogP contribution is -2.18. The summed E-state index contributed by atoms with van der Waals surface area (Å²) in [5.41, 5.74) is 1.04. The van der Waals surface area contributed by atoms with E-state index in [0.717, 1.165) is 21.3 Å². The number of hydrogen-bond acceptors (Lipinski definition) is 6. The lowest BCUT2D eigenvalue weighted by molar-refractivity contribution is -0.148. The number of thiazole rings is 1. The molecule has 1 heterocycles. The number of rotatable bonds is 7. The van der Waals surface area contributed by atoms with Crippen LogP contribution in [-0.4, -0.2) is 30.0 Å². The van der Waals surface area contributed by atoms with Gasteiger partial charge in [-0.3, -0.25) is 4.79 Å². The Hall–Kier alpha value is -2.64. The zero-order valence-electron chi connectivity index (χ0n) is 13.1. The molecule has 0 unspecified atom stereocenters. The third kappa shape index (κ3) is 4.68. The second kappa shape index (κ2) is 7.96. The summed E-state index contributed by atoms with van der Waals surface area (Å²) in [5.74, 6) is -1.65. The van der Waals surface area contributed by atoms with Crippen LogP contribution in [0, 0.1) is 5.82 Å². The van der Waals surface area contributed by atoms with Crippen molar-refractivity contribution in [2.75, 3.05) is 13.2 Å². The summed E-state index contributed by atoms with van der Waals surface area (Å²) < 4.78 is 24.2. The Labute approximate surface area is 147 Å². The van der Waals surface area contributed by atoms with Gasteiger partial charge in [-0.2, -0.15) is 0 Å². The lowest BCUT2D eigenvalue weighted by Gasteiger charge is -2.05. The van der Waals surface area contributed by atoms with E-state index in [4.69, 9.17) is 9.47 Å². The number of hydrogen-bond donors (Lipinski definition) is 0. The van der Waals surface area contributed by atoms with Crippen LogP contribution in [0.2, 0.25) is 0 Å². The average molecular weight is 359 g/mol. The molecule has 0 atom stereocenters. The summed E-state index contributed by atoms with van der Waals surface area (Å²) in [6.45, 7) is -0.550. The van der Waals surface area contributed by atoms with E-state index in [1.807, 2.05) is 24.3 Å². The molecule has 3 aromatic rings. The molecule has 0 fully saturated rings. The molecular formula is C18H14FNO4S. The zero-order chi connectivity index (χ0) is 17.6. The van der Waals surface area contributed by atoms with Crippen LogP contribution in [0.1, 0.15) is 15.4 Å². The topological polar surface area (TPSA) is 65.5 Å². The molecule has 0 bridgehead atoms. The Morgan fingerprint density at radius 2 is 1.92 bits per heavy atom. The van der Waals surface area contributed by atoms with Gasteiger partial charge in [0, 0.05) is 5.56 Å². The molecule has 3 rings (SSSR count). The highest BCUT2D eigenvalue weighted by Crippen LogP contribution is 2.21. The van der Waals surface area contributed by atoms with Crippen molar-refractivity contribution in [3.8, 4) is 0 Å². The van der Waals surface area contributed by atoms with Crippen LogP contribution in [0.25, 0.3) is 10.2 Å². The number of benzene rings is 2. The summed E-state index contributed by atoms with van der Waals surface area (Å²) in [6.07, 6.45) is 0. The minimum absolute atomic E-state index is 0.156. The molecule has 25 heavy (non-hydrogen) atoms. The molecule has 1 aromatic heterocycles. The second-order valence-corrected chi connectivity index (χ2v) is 6.28. The Bertz CT molecular complexity index is 876. The summed E-state index contributed by atoms with van der Waals surface area (Å²) in [6, 6.07) is 12.9. The van der Waals surface area contributed by atoms with Gasteiger partial charge in [0.15, 0.2) is 12.4 Å². The van der Waals surface area contributed by atoms with Gasteiger partial charge in [0.25, 0.3) is 0 Å². The predicted octanol–water partition coefficient (Wildman–Crippen LogP) is 3.38. The van der Waals surface area contributed by atoms with Crippen molar-refractivity contribution in [1.82, 2.24) is 4.98 Å². The third-order valence-electron chi connectivity index (χ3n) is 3.29. The zero-order valence-corrected chi connectivity index (χ0v) is 13.9. The van der Waals surface area contributed by atoms with Gasteiger partial charge in [0.2, 0.25) is 0 Å². The quantitative estimate of drug-likeness (QED) is 0.478. The normalized spacial score (nSPS) is 10.8. The van der Waals surface area contributed by atoms with Crippen molar-refractivity contribution >= 4 is 33.3 Å². The second-order valence-electron chi connectivity index (χ2n) is 5.16. The summed E-state index contributed by atoms with van der Waals surface area (Å²) >= 11 is 1.49. The number of para-hydroxylation sites is 1. The smallest absolute Gasteiger partial charge is 0.332 e. The van der Waals surface area contributed by atoms with E-state index >= 15 is 0 Å². The fraction of sp³-hybridized carbons (Fsp3) is 0.167. The maximum atomic E-state index is 13.0. The monoisotopic (exact) mass is 359 g/mol. The fourth-order valence-electron chi connectivity index (χ4n) is 2.14.